The highest BCUT2D eigenvalue weighted by atomic mass is 16.5. The average Bonchev–Trinajstić information content (AvgIpc) is 2.60. The Labute approximate surface area is 139 Å². The molecule has 0 aliphatic rings. The Hall–Kier alpha value is -3.15. The first-order valence-electron chi connectivity index (χ1n) is 7.51. The largest absolute Gasteiger partial charge is 0.497 e. The van der Waals surface area contributed by atoms with Crippen molar-refractivity contribution in [2.24, 2.45) is 0 Å². The van der Waals surface area contributed by atoms with Crippen molar-refractivity contribution in [2.45, 2.75) is 6.92 Å². The van der Waals surface area contributed by atoms with E-state index in [1.165, 1.54) is 6.92 Å². The van der Waals surface area contributed by atoms with Crippen LogP contribution in [0, 0.1) is 0 Å². The molecule has 2 N–H and O–H groups in total. The van der Waals surface area contributed by atoms with E-state index in [-0.39, 0.29) is 5.91 Å². The predicted octanol–water partition coefficient (Wildman–Crippen LogP) is 3.31. The van der Waals surface area contributed by atoms with Crippen LogP contribution in [0.5, 0.6) is 5.75 Å². The minimum absolute atomic E-state index is 0.130. The number of benzene rings is 2. The summed E-state index contributed by atoms with van der Waals surface area (Å²) in [6.07, 6.45) is 1.70. The Balaban J connectivity index is 2.20. The number of hydrogen-bond donors (Lipinski definition) is 2. The molecular formula is C18H18N4O2. The van der Waals surface area contributed by atoms with Gasteiger partial charge in [-0.2, -0.15) is 0 Å². The van der Waals surface area contributed by atoms with Gasteiger partial charge in [-0.25, -0.2) is 9.97 Å². The molecule has 0 spiro atoms. The molecule has 24 heavy (non-hydrogen) atoms. The summed E-state index contributed by atoms with van der Waals surface area (Å²) in [5.74, 6) is 1.15. The highest BCUT2D eigenvalue weighted by Gasteiger charge is 2.10. The molecule has 1 heterocycles. The van der Waals surface area contributed by atoms with Gasteiger partial charge in [0.1, 0.15) is 5.75 Å². The highest BCUT2D eigenvalue weighted by molar-refractivity contribution is 6.04. The maximum absolute atomic E-state index is 11.6. The molecule has 1 amide bonds. The number of nitrogens with zero attached hydrogens (tertiary/aromatic N) is 2. The molecule has 0 aliphatic heterocycles. The Kier molecular flexibility index (Phi) is 4.29. The van der Waals surface area contributed by atoms with E-state index in [4.69, 9.17) is 4.74 Å². The quantitative estimate of drug-likeness (QED) is 0.771. The number of carbonyl (C=O) groups is 1. The van der Waals surface area contributed by atoms with E-state index in [1.807, 2.05) is 36.4 Å². The number of carbonyl (C=O) groups excluding carboxylic acids is 1. The van der Waals surface area contributed by atoms with Crippen molar-refractivity contribution < 1.29 is 9.53 Å². The molecule has 0 bridgehead atoms. The molecule has 0 saturated heterocycles. The van der Waals surface area contributed by atoms with Crippen molar-refractivity contribution in [3.05, 3.63) is 42.6 Å². The second kappa shape index (κ2) is 6.54. The monoisotopic (exact) mass is 322 g/mol. The van der Waals surface area contributed by atoms with Crippen LogP contribution in [0.1, 0.15) is 6.92 Å². The first-order valence-corrected chi connectivity index (χ1v) is 7.51. The summed E-state index contributed by atoms with van der Waals surface area (Å²) >= 11 is 0. The molecule has 3 rings (SSSR count). The lowest BCUT2D eigenvalue weighted by Crippen LogP contribution is -2.06. The summed E-state index contributed by atoms with van der Waals surface area (Å²) in [4.78, 5) is 20.2. The number of amides is 1. The zero-order valence-corrected chi connectivity index (χ0v) is 13.8. The van der Waals surface area contributed by atoms with Crippen molar-refractivity contribution in [2.75, 3.05) is 24.8 Å². The summed E-state index contributed by atoms with van der Waals surface area (Å²) < 4.78 is 5.29. The third-order valence-corrected chi connectivity index (χ3v) is 3.65. The van der Waals surface area contributed by atoms with Crippen LogP contribution >= 0.6 is 0 Å². The second-order valence-corrected chi connectivity index (χ2v) is 5.31. The van der Waals surface area contributed by atoms with Crippen molar-refractivity contribution in [1.82, 2.24) is 9.97 Å². The van der Waals surface area contributed by atoms with Gasteiger partial charge in [0, 0.05) is 36.8 Å². The van der Waals surface area contributed by atoms with Crippen LogP contribution in [0.3, 0.4) is 0 Å². The van der Waals surface area contributed by atoms with Crippen LogP contribution in [-0.4, -0.2) is 30.0 Å². The number of anilines is 2. The number of nitrogens with one attached hydrogen (secondary N) is 2. The predicted molar refractivity (Wildman–Crippen MR) is 95.4 cm³/mol. The number of hydrogen-bond acceptors (Lipinski definition) is 5. The van der Waals surface area contributed by atoms with Crippen molar-refractivity contribution in [1.29, 1.82) is 0 Å². The van der Waals surface area contributed by atoms with E-state index >= 15 is 0 Å². The number of ether oxygens (including phenoxy) is 1. The molecule has 0 saturated carbocycles. The maximum Gasteiger partial charge on any atom is 0.222 e. The van der Waals surface area contributed by atoms with Crippen LogP contribution in [0.4, 0.5) is 11.6 Å². The molecule has 6 heteroatoms. The minimum atomic E-state index is -0.130. The summed E-state index contributed by atoms with van der Waals surface area (Å²) in [7, 11) is 3.39. The molecule has 2 aromatic carbocycles. The molecule has 0 atom stereocenters. The Morgan fingerprint density at radius 1 is 1.17 bits per heavy atom. The van der Waals surface area contributed by atoms with Gasteiger partial charge in [-0.05, 0) is 35.7 Å². The zero-order chi connectivity index (χ0) is 17.1. The molecule has 122 valence electrons. The third kappa shape index (κ3) is 3.12. The smallest absolute Gasteiger partial charge is 0.222 e. The molecule has 0 fully saturated rings. The highest BCUT2D eigenvalue weighted by Crippen LogP contribution is 2.33. The SMILES string of the molecule is CNc1nccc(-c2cc(NC(C)=O)c3cc(OC)ccc3c2)n1. The Bertz CT molecular complexity index is 909. The van der Waals surface area contributed by atoms with Gasteiger partial charge in [-0.3, -0.25) is 4.79 Å². The van der Waals surface area contributed by atoms with E-state index in [0.29, 0.717) is 5.95 Å². The Morgan fingerprint density at radius 2 is 2.00 bits per heavy atom. The van der Waals surface area contributed by atoms with E-state index in [9.17, 15) is 4.79 Å². The first-order chi connectivity index (χ1) is 11.6. The molecule has 0 unspecified atom stereocenters. The van der Waals surface area contributed by atoms with Crippen molar-refractivity contribution in [3.8, 4) is 17.0 Å². The fourth-order valence-electron chi connectivity index (χ4n) is 2.54. The lowest BCUT2D eigenvalue weighted by atomic mass is 10.0. The number of rotatable bonds is 4. The van der Waals surface area contributed by atoms with Crippen LogP contribution in [0.15, 0.2) is 42.6 Å². The van der Waals surface area contributed by atoms with Gasteiger partial charge in [0.05, 0.1) is 12.8 Å². The lowest BCUT2D eigenvalue weighted by Gasteiger charge is -2.12. The fourth-order valence-corrected chi connectivity index (χ4v) is 2.54. The first kappa shape index (κ1) is 15.7. The minimum Gasteiger partial charge on any atom is -0.497 e. The zero-order valence-electron chi connectivity index (χ0n) is 13.8. The Morgan fingerprint density at radius 3 is 2.71 bits per heavy atom. The van der Waals surface area contributed by atoms with Gasteiger partial charge in [0.2, 0.25) is 11.9 Å². The summed E-state index contributed by atoms with van der Waals surface area (Å²) in [5.41, 5.74) is 2.40. The third-order valence-electron chi connectivity index (χ3n) is 3.65. The standard InChI is InChI=1S/C18H18N4O2/c1-11(23)21-17-9-13(16-6-7-20-18(19-2)22-16)8-12-4-5-14(24-3)10-15(12)17/h4-10H,1-3H3,(H,21,23)(H,19,20,22). The normalized spacial score (nSPS) is 10.5. The van der Waals surface area contributed by atoms with Crippen LogP contribution < -0.4 is 15.4 Å². The van der Waals surface area contributed by atoms with Gasteiger partial charge in [0.25, 0.3) is 0 Å². The van der Waals surface area contributed by atoms with Gasteiger partial charge in [0.15, 0.2) is 0 Å². The number of methoxy groups -OCH3 is 1. The number of aromatic nitrogens is 2. The summed E-state index contributed by atoms with van der Waals surface area (Å²) in [6, 6.07) is 11.5. The number of fused-ring (bicyclic) bond motifs is 1. The van der Waals surface area contributed by atoms with E-state index in [0.717, 1.165) is 33.5 Å². The fraction of sp³-hybridized carbons (Fsp3) is 0.167. The average molecular weight is 322 g/mol. The van der Waals surface area contributed by atoms with Gasteiger partial charge in [-0.15, -0.1) is 0 Å². The lowest BCUT2D eigenvalue weighted by molar-refractivity contribution is -0.114. The molecule has 0 radical (unpaired) electrons. The van der Waals surface area contributed by atoms with E-state index < -0.39 is 0 Å². The topological polar surface area (TPSA) is 76.1 Å². The van der Waals surface area contributed by atoms with Gasteiger partial charge < -0.3 is 15.4 Å². The maximum atomic E-state index is 11.6. The van der Waals surface area contributed by atoms with Crippen LogP contribution in [0.25, 0.3) is 22.0 Å². The van der Waals surface area contributed by atoms with Crippen LogP contribution in [0.2, 0.25) is 0 Å². The van der Waals surface area contributed by atoms with E-state index in [1.54, 1.807) is 20.4 Å². The summed E-state index contributed by atoms with van der Waals surface area (Å²) in [6.45, 7) is 1.49. The van der Waals surface area contributed by atoms with Gasteiger partial charge >= 0.3 is 0 Å². The van der Waals surface area contributed by atoms with Crippen LogP contribution in [-0.2, 0) is 4.79 Å². The van der Waals surface area contributed by atoms with Crippen molar-refractivity contribution in [3.63, 3.8) is 0 Å². The van der Waals surface area contributed by atoms with Gasteiger partial charge in [-0.1, -0.05) is 6.07 Å². The molecule has 3 aromatic rings. The molecule has 6 nitrogen and oxygen atoms in total. The molecule has 1 aromatic heterocycles. The van der Waals surface area contributed by atoms with Crippen molar-refractivity contribution >= 4 is 28.3 Å². The molecule has 0 aliphatic carbocycles. The summed E-state index contributed by atoms with van der Waals surface area (Å²) in [5, 5.41) is 7.71. The second-order valence-electron chi connectivity index (χ2n) is 5.31. The van der Waals surface area contributed by atoms with E-state index in [2.05, 4.69) is 20.6 Å². The molecular weight excluding hydrogens is 304 g/mol.